The van der Waals surface area contributed by atoms with Crippen LogP contribution in [0.15, 0.2) is 73.1 Å². The summed E-state index contributed by atoms with van der Waals surface area (Å²) in [5.41, 5.74) is 7.69. The molecule has 2 aromatic heterocycles. The zero-order chi connectivity index (χ0) is 24.6. The van der Waals surface area contributed by atoms with E-state index in [4.69, 9.17) is 14.7 Å². The van der Waals surface area contributed by atoms with Crippen LogP contribution in [0.1, 0.15) is 51.6 Å². The van der Waals surface area contributed by atoms with E-state index in [1.54, 1.807) is 6.20 Å². The number of fused-ring (bicyclic) bond motifs is 3. The summed E-state index contributed by atoms with van der Waals surface area (Å²) in [6.07, 6.45) is 8.49. The van der Waals surface area contributed by atoms with E-state index in [-0.39, 0.29) is 11.9 Å². The molecule has 0 fully saturated rings. The number of aryl methyl sites for hydroxylation is 1. The van der Waals surface area contributed by atoms with Crippen molar-refractivity contribution in [2.75, 3.05) is 25.6 Å². The van der Waals surface area contributed by atoms with Gasteiger partial charge in [0.2, 0.25) is 0 Å². The molecule has 36 heavy (non-hydrogen) atoms. The Bertz CT molecular complexity index is 1510. The van der Waals surface area contributed by atoms with Gasteiger partial charge < -0.3 is 15.0 Å². The number of allylic oxidation sites excluding steroid dienone is 1. The number of benzene rings is 2. The van der Waals surface area contributed by atoms with Crippen molar-refractivity contribution in [3.05, 3.63) is 101 Å². The molecule has 2 aliphatic rings. The van der Waals surface area contributed by atoms with Gasteiger partial charge in [-0.25, -0.2) is 0 Å². The number of nitrogens with zero attached hydrogens (tertiary/aromatic N) is 3. The summed E-state index contributed by atoms with van der Waals surface area (Å²) in [7, 11) is 3.93. The second-order valence-electron chi connectivity index (χ2n) is 9.49. The number of amides is 1. The molecule has 6 rings (SSSR count). The van der Waals surface area contributed by atoms with Crippen LogP contribution in [-0.2, 0) is 6.42 Å². The Morgan fingerprint density at radius 3 is 2.78 bits per heavy atom. The molecule has 2 aromatic carbocycles. The number of nitrogens with one attached hydrogen (secondary N) is 1. The van der Waals surface area contributed by atoms with Crippen LogP contribution in [0.5, 0.6) is 5.75 Å². The Morgan fingerprint density at radius 1 is 1.06 bits per heavy atom. The van der Waals surface area contributed by atoms with Gasteiger partial charge in [-0.05, 0) is 36.1 Å². The molecule has 0 radical (unpaired) electrons. The van der Waals surface area contributed by atoms with Gasteiger partial charge in [0.1, 0.15) is 5.75 Å². The summed E-state index contributed by atoms with van der Waals surface area (Å²) in [5, 5.41) is 4.14. The number of carbonyl (C=O) groups is 1. The summed E-state index contributed by atoms with van der Waals surface area (Å²) in [6, 6.07) is 18.2. The van der Waals surface area contributed by atoms with Crippen molar-refractivity contribution in [2.45, 2.75) is 25.3 Å². The minimum Gasteiger partial charge on any atom is -0.493 e. The van der Waals surface area contributed by atoms with Crippen LogP contribution in [0.25, 0.3) is 16.5 Å². The van der Waals surface area contributed by atoms with E-state index in [0.717, 1.165) is 58.4 Å². The van der Waals surface area contributed by atoms with Crippen LogP contribution in [0.3, 0.4) is 0 Å². The fourth-order valence-corrected chi connectivity index (χ4v) is 5.39. The number of carbonyl (C=O) groups excluding carboxylic acids is 1. The molecule has 0 unspecified atom stereocenters. The third-order valence-electron chi connectivity index (χ3n) is 7.04. The van der Waals surface area contributed by atoms with Crippen molar-refractivity contribution in [2.24, 2.45) is 0 Å². The standard InChI is InChI=1S/C30H28N4O2/c1-34(2)29-23-14-16-31-27(21-12-7-9-19-8-3-4-10-20(19)21)28(23)32-18-24(29)30(35)33-25-15-17-36-26-13-6-5-11-22(25)26/h3-6,8,10-14,16,18,25H,7,9,15,17H2,1-2H3,(H,33,35)/t25-/m0/s1. The summed E-state index contributed by atoms with van der Waals surface area (Å²) < 4.78 is 5.77. The molecule has 0 bridgehead atoms. The van der Waals surface area contributed by atoms with Gasteiger partial charge in [0.15, 0.2) is 0 Å². The van der Waals surface area contributed by atoms with Gasteiger partial charge in [0.05, 0.1) is 35.1 Å². The highest BCUT2D eigenvalue weighted by Crippen LogP contribution is 2.37. The maximum atomic E-state index is 13.6. The number of hydrogen-bond donors (Lipinski definition) is 1. The third kappa shape index (κ3) is 3.79. The van der Waals surface area contributed by atoms with Gasteiger partial charge in [-0.2, -0.15) is 0 Å². The summed E-state index contributed by atoms with van der Waals surface area (Å²) >= 11 is 0. The van der Waals surface area contributed by atoms with Gasteiger partial charge in [0, 0.05) is 49.4 Å². The minimum atomic E-state index is -0.143. The number of rotatable bonds is 4. The first-order chi connectivity index (χ1) is 17.6. The van der Waals surface area contributed by atoms with Gasteiger partial charge in [-0.1, -0.05) is 48.5 Å². The lowest BCUT2D eigenvalue weighted by atomic mass is 9.88. The van der Waals surface area contributed by atoms with Crippen LogP contribution in [-0.4, -0.2) is 36.6 Å². The summed E-state index contributed by atoms with van der Waals surface area (Å²) in [4.78, 5) is 25.2. The van der Waals surface area contributed by atoms with E-state index in [2.05, 4.69) is 35.7 Å². The number of aromatic nitrogens is 2. The summed E-state index contributed by atoms with van der Waals surface area (Å²) in [6.45, 7) is 0.573. The van der Waals surface area contributed by atoms with E-state index in [1.165, 1.54) is 11.1 Å². The monoisotopic (exact) mass is 476 g/mol. The Labute approximate surface area is 210 Å². The molecule has 1 N–H and O–H groups in total. The molecule has 4 aromatic rings. The van der Waals surface area contributed by atoms with Crippen molar-refractivity contribution in [3.8, 4) is 5.75 Å². The second kappa shape index (κ2) is 9.11. The molecule has 1 amide bonds. The molecule has 6 nitrogen and oxygen atoms in total. The molecule has 1 aliphatic carbocycles. The van der Waals surface area contributed by atoms with E-state index in [9.17, 15) is 4.79 Å². The first kappa shape index (κ1) is 22.3. The van der Waals surface area contributed by atoms with Crippen LogP contribution < -0.4 is 15.0 Å². The first-order valence-electron chi connectivity index (χ1n) is 12.4. The first-order valence-corrected chi connectivity index (χ1v) is 12.4. The number of anilines is 1. The van der Waals surface area contributed by atoms with E-state index < -0.39 is 0 Å². The fourth-order valence-electron chi connectivity index (χ4n) is 5.39. The second-order valence-corrected chi connectivity index (χ2v) is 9.49. The predicted octanol–water partition coefficient (Wildman–Crippen LogP) is 5.33. The highest BCUT2D eigenvalue weighted by molar-refractivity contribution is 6.09. The van der Waals surface area contributed by atoms with Gasteiger partial charge in [0.25, 0.3) is 5.91 Å². The molecular weight excluding hydrogens is 448 g/mol. The zero-order valence-electron chi connectivity index (χ0n) is 20.5. The largest absolute Gasteiger partial charge is 0.493 e. The third-order valence-corrected chi connectivity index (χ3v) is 7.04. The van der Waals surface area contributed by atoms with Crippen molar-refractivity contribution in [1.29, 1.82) is 0 Å². The minimum absolute atomic E-state index is 0.106. The average molecular weight is 477 g/mol. The molecule has 1 aliphatic heterocycles. The van der Waals surface area contributed by atoms with E-state index in [0.29, 0.717) is 12.2 Å². The molecule has 3 heterocycles. The molecule has 0 saturated carbocycles. The highest BCUT2D eigenvalue weighted by atomic mass is 16.5. The van der Waals surface area contributed by atoms with Gasteiger partial charge in [-0.3, -0.25) is 14.8 Å². The van der Waals surface area contributed by atoms with E-state index >= 15 is 0 Å². The molecule has 0 saturated heterocycles. The van der Waals surface area contributed by atoms with Gasteiger partial charge in [-0.15, -0.1) is 0 Å². The Balaban J connectivity index is 1.42. The number of hydrogen-bond acceptors (Lipinski definition) is 5. The number of pyridine rings is 2. The summed E-state index contributed by atoms with van der Waals surface area (Å²) in [5.74, 6) is 0.686. The van der Waals surface area contributed by atoms with Crippen LogP contribution in [0, 0.1) is 0 Å². The normalized spacial score (nSPS) is 16.4. The van der Waals surface area contributed by atoms with E-state index in [1.807, 2.05) is 55.5 Å². The van der Waals surface area contributed by atoms with Crippen molar-refractivity contribution >= 4 is 28.1 Å². The number of ether oxygens (including phenoxy) is 1. The molecule has 180 valence electrons. The molecule has 0 spiro atoms. The highest BCUT2D eigenvalue weighted by Gasteiger charge is 2.26. The van der Waals surface area contributed by atoms with Crippen LogP contribution >= 0.6 is 0 Å². The Morgan fingerprint density at radius 2 is 1.89 bits per heavy atom. The predicted molar refractivity (Wildman–Crippen MR) is 142 cm³/mol. The Hall–Kier alpha value is -4.19. The smallest absolute Gasteiger partial charge is 0.255 e. The lowest BCUT2D eigenvalue weighted by Gasteiger charge is -2.27. The maximum Gasteiger partial charge on any atom is 0.255 e. The molecular formula is C30H28N4O2. The van der Waals surface area contributed by atoms with Gasteiger partial charge >= 0.3 is 0 Å². The van der Waals surface area contributed by atoms with Crippen molar-refractivity contribution < 1.29 is 9.53 Å². The fraction of sp³-hybridized carbons (Fsp3) is 0.233. The number of para-hydroxylation sites is 1. The molecule has 6 heteroatoms. The molecule has 1 atom stereocenters. The Kier molecular flexibility index (Phi) is 5.64. The van der Waals surface area contributed by atoms with Crippen LogP contribution in [0.2, 0.25) is 0 Å². The van der Waals surface area contributed by atoms with Crippen LogP contribution in [0.4, 0.5) is 5.69 Å². The zero-order valence-corrected chi connectivity index (χ0v) is 20.5. The lowest BCUT2D eigenvalue weighted by molar-refractivity contribution is 0.0925. The quantitative estimate of drug-likeness (QED) is 0.431. The van der Waals surface area contributed by atoms with Crippen molar-refractivity contribution in [1.82, 2.24) is 15.3 Å². The SMILES string of the molecule is CN(C)c1c(C(=O)N[C@H]2CCOc3ccccc32)cnc2c(C3=CCCc4ccccc43)nccc12. The topological polar surface area (TPSA) is 67.4 Å². The maximum absolute atomic E-state index is 13.6. The average Bonchev–Trinajstić information content (AvgIpc) is 2.91. The van der Waals surface area contributed by atoms with Crippen molar-refractivity contribution in [3.63, 3.8) is 0 Å². The lowest BCUT2D eigenvalue weighted by Crippen LogP contribution is -2.33.